The molecule has 2 rings (SSSR count). The third-order valence-electron chi connectivity index (χ3n) is 1.75. The molecule has 0 unspecified atom stereocenters. The molecule has 0 aliphatic rings. The molecule has 0 amide bonds. The number of hydrogen-bond acceptors (Lipinski definition) is 2. The van der Waals surface area contributed by atoms with Gasteiger partial charge in [0.25, 0.3) is 0 Å². The van der Waals surface area contributed by atoms with E-state index in [1.54, 1.807) is 24.3 Å². The molecule has 0 bridgehead atoms. The fraction of sp³-hybridized carbons (Fsp3) is 0. The third kappa shape index (κ3) is 2.60. The van der Waals surface area contributed by atoms with Crippen molar-refractivity contribution in [2.45, 2.75) is 0 Å². The SMILES string of the molecule is [O]c1ccc(Oc2ccc(Cl)cn2)cc1. The molecular weight excluding hydrogens is 214 g/mol. The van der Waals surface area contributed by atoms with Crippen molar-refractivity contribution in [2.24, 2.45) is 0 Å². The lowest BCUT2D eigenvalue weighted by Gasteiger charge is -2.03. The van der Waals surface area contributed by atoms with E-state index in [4.69, 9.17) is 16.3 Å². The van der Waals surface area contributed by atoms with Gasteiger partial charge in [0.05, 0.1) is 5.02 Å². The van der Waals surface area contributed by atoms with Crippen molar-refractivity contribution < 1.29 is 9.84 Å². The monoisotopic (exact) mass is 220 g/mol. The van der Waals surface area contributed by atoms with Gasteiger partial charge in [-0.15, -0.1) is 0 Å². The molecule has 75 valence electrons. The van der Waals surface area contributed by atoms with Crippen molar-refractivity contribution in [3.63, 3.8) is 0 Å². The van der Waals surface area contributed by atoms with Crippen LogP contribution < -0.4 is 4.74 Å². The minimum Gasteiger partial charge on any atom is -0.439 e. The third-order valence-corrected chi connectivity index (χ3v) is 1.97. The second kappa shape index (κ2) is 4.19. The summed E-state index contributed by atoms with van der Waals surface area (Å²) in [7, 11) is 0. The molecule has 3 nitrogen and oxygen atoms in total. The molecule has 0 atom stereocenters. The number of aromatic nitrogens is 1. The molecule has 0 N–H and O–H groups in total. The first-order chi connectivity index (χ1) is 7.24. The highest BCUT2D eigenvalue weighted by molar-refractivity contribution is 6.30. The lowest BCUT2D eigenvalue weighted by molar-refractivity contribution is 0.353. The van der Waals surface area contributed by atoms with Gasteiger partial charge in [0.1, 0.15) is 5.75 Å². The van der Waals surface area contributed by atoms with Crippen LogP contribution in [-0.2, 0) is 5.11 Å². The van der Waals surface area contributed by atoms with E-state index in [-0.39, 0.29) is 5.75 Å². The highest BCUT2D eigenvalue weighted by Gasteiger charge is 1.98. The summed E-state index contributed by atoms with van der Waals surface area (Å²) in [4.78, 5) is 3.96. The average Bonchev–Trinajstić information content (AvgIpc) is 2.25. The van der Waals surface area contributed by atoms with E-state index in [0.717, 1.165) is 0 Å². The maximum Gasteiger partial charge on any atom is 0.219 e. The molecule has 2 aromatic rings. The average molecular weight is 221 g/mol. The van der Waals surface area contributed by atoms with Crippen LogP contribution in [0.5, 0.6) is 17.4 Å². The molecule has 15 heavy (non-hydrogen) atoms. The van der Waals surface area contributed by atoms with Crippen molar-refractivity contribution in [3.8, 4) is 17.4 Å². The summed E-state index contributed by atoms with van der Waals surface area (Å²) in [5.41, 5.74) is 0. The predicted octanol–water partition coefficient (Wildman–Crippen LogP) is 3.67. The molecule has 0 saturated heterocycles. The van der Waals surface area contributed by atoms with Crippen LogP contribution in [0.25, 0.3) is 0 Å². The Morgan fingerprint density at radius 2 is 1.80 bits per heavy atom. The molecule has 1 heterocycles. The van der Waals surface area contributed by atoms with Crippen molar-refractivity contribution >= 4 is 11.6 Å². The number of pyridine rings is 1. The van der Waals surface area contributed by atoms with E-state index in [0.29, 0.717) is 16.7 Å². The summed E-state index contributed by atoms with van der Waals surface area (Å²) in [6.45, 7) is 0. The zero-order valence-electron chi connectivity index (χ0n) is 7.68. The topological polar surface area (TPSA) is 42.0 Å². The Morgan fingerprint density at radius 3 is 2.40 bits per heavy atom. The van der Waals surface area contributed by atoms with E-state index in [1.807, 2.05) is 0 Å². The Balaban J connectivity index is 2.15. The van der Waals surface area contributed by atoms with Crippen molar-refractivity contribution in [3.05, 3.63) is 47.6 Å². The molecular formula is C11H7ClNO2. The van der Waals surface area contributed by atoms with Crippen LogP contribution in [0.4, 0.5) is 0 Å². The lowest BCUT2D eigenvalue weighted by atomic mass is 10.3. The van der Waals surface area contributed by atoms with Gasteiger partial charge >= 0.3 is 0 Å². The van der Waals surface area contributed by atoms with Gasteiger partial charge in [-0.25, -0.2) is 4.98 Å². The molecule has 0 aliphatic heterocycles. The van der Waals surface area contributed by atoms with Crippen LogP contribution in [0.1, 0.15) is 0 Å². The van der Waals surface area contributed by atoms with Gasteiger partial charge in [0, 0.05) is 12.3 Å². The number of nitrogens with zero attached hydrogens (tertiary/aromatic N) is 1. The number of hydrogen-bond donors (Lipinski definition) is 0. The van der Waals surface area contributed by atoms with E-state index in [2.05, 4.69) is 4.98 Å². The molecule has 1 aromatic carbocycles. The highest BCUT2D eigenvalue weighted by atomic mass is 35.5. The van der Waals surface area contributed by atoms with Gasteiger partial charge in [-0.2, -0.15) is 0 Å². The van der Waals surface area contributed by atoms with Crippen LogP contribution in [-0.4, -0.2) is 4.98 Å². The Morgan fingerprint density at radius 1 is 1.07 bits per heavy atom. The summed E-state index contributed by atoms with van der Waals surface area (Å²) in [6, 6.07) is 9.41. The molecule has 0 fully saturated rings. The van der Waals surface area contributed by atoms with Crippen LogP contribution in [0.3, 0.4) is 0 Å². The quantitative estimate of drug-likeness (QED) is 0.775. The van der Waals surface area contributed by atoms with Crippen molar-refractivity contribution in [2.75, 3.05) is 0 Å². The molecule has 4 heteroatoms. The fourth-order valence-electron chi connectivity index (χ4n) is 1.05. The Kier molecular flexibility index (Phi) is 2.74. The molecule has 1 aromatic heterocycles. The maximum absolute atomic E-state index is 10.8. The highest BCUT2D eigenvalue weighted by Crippen LogP contribution is 2.22. The Labute approximate surface area is 91.9 Å². The minimum absolute atomic E-state index is 0.0496. The van der Waals surface area contributed by atoms with Gasteiger partial charge in [-0.1, -0.05) is 11.6 Å². The van der Waals surface area contributed by atoms with Crippen LogP contribution >= 0.6 is 11.6 Å². The van der Waals surface area contributed by atoms with E-state index in [9.17, 15) is 5.11 Å². The summed E-state index contributed by atoms with van der Waals surface area (Å²) in [6.07, 6.45) is 1.50. The molecule has 1 radical (unpaired) electrons. The second-order valence-corrected chi connectivity index (χ2v) is 3.32. The van der Waals surface area contributed by atoms with Crippen LogP contribution in [0.15, 0.2) is 42.6 Å². The number of benzene rings is 1. The van der Waals surface area contributed by atoms with E-state index < -0.39 is 0 Å². The standard InChI is InChI=1S/C11H7ClNO2/c12-8-1-6-11(13-7-8)15-10-4-2-9(14)3-5-10/h1-7H. The number of rotatable bonds is 2. The summed E-state index contributed by atoms with van der Waals surface area (Å²) < 4.78 is 5.38. The van der Waals surface area contributed by atoms with Crippen LogP contribution in [0.2, 0.25) is 5.02 Å². The lowest BCUT2D eigenvalue weighted by Crippen LogP contribution is -1.86. The first kappa shape index (κ1) is 9.80. The van der Waals surface area contributed by atoms with Crippen molar-refractivity contribution in [1.29, 1.82) is 0 Å². The van der Waals surface area contributed by atoms with Crippen LogP contribution in [0, 0.1) is 0 Å². The van der Waals surface area contributed by atoms with E-state index >= 15 is 0 Å². The van der Waals surface area contributed by atoms with E-state index in [1.165, 1.54) is 18.3 Å². The largest absolute Gasteiger partial charge is 0.439 e. The summed E-state index contributed by atoms with van der Waals surface area (Å²) >= 11 is 5.68. The van der Waals surface area contributed by atoms with Gasteiger partial charge < -0.3 is 4.74 Å². The van der Waals surface area contributed by atoms with Gasteiger partial charge in [0.15, 0.2) is 5.75 Å². The first-order valence-corrected chi connectivity index (χ1v) is 4.68. The predicted molar refractivity (Wildman–Crippen MR) is 55.9 cm³/mol. The van der Waals surface area contributed by atoms with Gasteiger partial charge in [-0.3, -0.25) is 5.11 Å². The normalized spacial score (nSPS) is 9.93. The Bertz CT molecular complexity index is 396. The van der Waals surface area contributed by atoms with Gasteiger partial charge in [0.2, 0.25) is 5.88 Å². The minimum atomic E-state index is -0.0496. The zero-order valence-corrected chi connectivity index (χ0v) is 8.44. The summed E-state index contributed by atoms with van der Waals surface area (Å²) in [5, 5.41) is 11.4. The number of ether oxygens (including phenoxy) is 1. The fourth-order valence-corrected chi connectivity index (χ4v) is 1.16. The molecule has 0 saturated carbocycles. The number of halogens is 1. The van der Waals surface area contributed by atoms with Crippen molar-refractivity contribution in [1.82, 2.24) is 4.98 Å². The molecule has 0 aliphatic carbocycles. The summed E-state index contributed by atoms with van der Waals surface area (Å²) in [5.74, 6) is 0.967. The zero-order chi connectivity index (χ0) is 10.7. The maximum atomic E-state index is 10.8. The molecule has 0 spiro atoms. The smallest absolute Gasteiger partial charge is 0.219 e. The Hall–Kier alpha value is -1.74. The van der Waals surface area contributed by atoms with Gasteiger partial charge in [-0.05, 0) is 30.3 Å². The second-order valence-electron chi connectivity index (χ2n) is 2.89. The first-order valence-electron chi connectivity index (χ1n) is 4.30.